The van der Waals surface area contributed by atoms with Crippen LogP contribution in [0.1, 0.15) is 23.2 Å². The summed E-state index contributed by atoms with van der Waals surface area (Å²) in [6, 6.07) is 3.16. The van der Waals surface area contributed by atoms with Crippen molar-refractivity contribution < 1.29 is 9.90 Å². The largest absolute Gasteiger partial charge is 0.394 e. The van der Waals surface area contributed by atoms with Gasteiger partial charge in [-0.15, -0.1) is 0 Å². The van der Waals surface area contributed by atoms with Crippen LogP contribution in [0.5, 0.6) is 0 Å². The Labute approximate surface area is 129 Å². The SMILES string of the molecule is O=C(c1cc(Cl)cc(Cl)c1I)N1CCC[C@@H]1CO. The van der Waals surface area contributed by atoms with Gasteiger partial charge >= 0.3 is 0 Å². The average molecular weight is 400 g/mol. The zero-order chi connectivity index (χ0) is 13.3. The van der Waals surface area contributed by atoms with E-state index in [-0.39, 0.29) is 18.6 Å². The summed E-state index contributed by atoms with van der Waals surface area (Å²) in [7, 11) is 0. The molecule has 1 heterocycles. The molecule has 1 atom stereocenters. The van der Waals surface area contributed by atoms with Crippen LogP contribution in [0.15, 0.2) is 12.1 Å². The minimum atomic E-state index is -0.111. The highest BCUT2D eigenvalue weighted by molar-refractivity contribution is 14.1. The zero-order valence-corrected chi connectivity index (χ0v) is 13.2. The lowest BCUT2D eigenvalue weighted by Gasteiger charge is -2.23. The molecule has 0 radical (unpaired) electrons. The predicted molar refractivity (Wildman–Crippen MR) is 80.3 cm³/mol. The highest BCUT2D eigenvalue weighted by atomic mass is 127. The molecule has 1 saturated heterocycles. The van der Waals surface area contributed by atoms with Gasteiger partial charge in [0, 0.05) is 15.1 Å². The molecule has 2 rings (SSSR count). The molecule has 0 saturated carbocycles. The average Bonchev–Trinajstić information content (AvgIpc) is 2.81. The van der Waals surface area contributed by atoms with Gasteiger partial charge in [0.25, 0.3) is 5.91 Å². The van der Waals surface area contributed by atoms with Crippen LogP contribution in [-0.2, 0) is 0 Å². The van der Waals surface area contributed by atoms with Crippen LogP contribution < -0.4 is 0 Å². The Bertz CT molecular complexity index is 481. The Kier molecular flexibility index (Phi) is 4.75. The van der Waals surface area contributed by atoms with Crippen molar-refractivity contribution in [3.63, 3.8) is 0 Å². The molecular formula is C12H12Cl2INO2. The molecule has 1 fully saturated rings. The first-order chi connectivity index (χ1) is 8.54. The summed E-state index contributed by atoms with van der Waals surface area (Å²) >= 11 is 14.0. The number of hydrogen-bond donors (Lipinski definition) is 1. The van der Waals surface area contributed by atoms with Crippen molar-refractivity contribution in [1.29, 1.82) is 0 Å². The maximum atomic E-state index is 12.4. The van der Waals surface area contributed by atoms with Crippen molar-refractivity contribution in [2.45, 2.75) is 18.9 Å². The van der Waals surface area contributed by atoms with Crippen molar-refractivity contribution in [2.24, 2.45) is 0 Å². The molecule has 0 aliphatic carbocycles. The smallest absolute Gasteiger partial charge is 0.255 e. The highest BCUT2D eigenvalue weighted by Crippen LogP contribution is 2.29. The van der Waals surface area contributed by atoms with Crippen LogP contribution in [-0.4, -0.2) is 35.1 Å². The number of halogens is 3. The molecule has 3 nitrogen and oxygen atoms in total. The second-order valence-electron chi connectivity index (χ2n) is 4.23. The maximum Gasteiger partial charge on any atom is 0.255 e. The minimum Gasteiger partial charge on any atom is -0.394 e. The van der Waals surface area contributed by atoms with Gasteiger partial charge in [-0.1, -0.05) is 23.2 Å². The van der Waals surface area contributed by atoms with Gasteiger partial charge in [-0.3, -0.25) is 4.79 Å². The van der Waals surface area contributed by atoms with Crippen molar-refractivity contribution in [2.75, 3.05) is 13.2 Å². The van der Waals surface area contributed by atoms with E-state index in [2.05, 4.69) is 0 Å². The normalized spacial score (nSPS) is 19.3. The second kappa shape index (κ2) is 5.94. The number of benzene rings is 1. The van der Waals surface area contributed by atoms with E-state index in [9.17, 15) is 9.90 Å². The molecule has 18 heavy (non-hydrogen) atoms. The van der Waals surface area contributed by atoms with Gasteiger partial charge in [0.2, 0.25) is 0 Å². The third-order valence-corrected chi connectivity index (χ3v) is 5.07. The molecular weight excluding hydrogens is 388 g/mol. The number of hydrogen-bond acceptors (Lipinski definition) is 2. The summed E-state index contributed by atoms with van der Waals surface area (Å²) < 4.78 is 0.701. The Hall–Kier alpha value is -0.0400. The van der Waals surface area contributed by atoms with E-state index in [4.69, 9.17) is 23.2 Å². The number of rotatable bonds is 2. The monoisotopic (exact) mass is 399 g/mol. The molecule has 0 unspecified atom stereocenters. The van der Waals surface area contributed by atoms with Gasteiger partial charge in [-0.05, 0) is 47.6 Å². The lowest BCUT2D eigenvalue weighted by Crippen LogP contribution is -2.38. The van der Waals surface area contributed by atoms with Crippen LogP contribution in [0, 0.1) is 3.57 Å². The van der Waals surface area contributed by atoms with Crippen LogP contribution in [0.4, 0.5) is 0 Å². The van der Waals surface area contributed by atoms with E-state index >= 15 is 0 Å². The fourth-order valence-electron chi connectivity index (χ4n) is 2.16. The Balaban J connectivity index is 2.34. The van der Waals surface area contributed by atoms with Crippen LogP contribution >= 0.6 is 45.8 Å². The number of amides is 1. The van der Waals surface area contributed by atoms with E-state index in [1.807, 2.05) is 22.6 Å². The summed E-state index contributed by atoms with van der Waals surface area (Å²) in [4.78, 5) is 14.1. The molecule has 0 bridgehead atoms. The molecule has 1 aliphatic heterocycles. The number of likely N-dealkylation sites (tertiary alicyclic amines) is 1. The van der Waals surface area contributed by atoms with Crippen LogP contribution in [0.3, 0.4) is 0 Å². The summed E-state index contributed by atoms with van der Waals surface area (Å²) in [5.74, 6) is -0.111. The lowest BCUT2D eigenvalue weighted by atomic mass is 10.1. The molecule has 1 aromatic rings. The molecule has 1 aromatic carbocycles. The number of nitrogens with zero attached hydrogens (tertiary/aromatic N) is 1. The van der Waals surface area contributed by atoms with E-state index in [1.54, 1.807) is 17.0 Å². The van der Waals surface area contributed by atoms with Crippen LogP contribution in [0.2, 0.25) is 10.0 Å². The summed E-state index contributed by atoms with van der Waals surface area (Å²) in [5, 5.41) is 10.2. The second-order valence-corrected chi connectivity index (χ2v) is 6.15. The summed E-state index contributed by atoms with van der Waals surface area (Å²) in [5.41, 5.74) is 0.508. The number of carbonyl (C=O) groups is 1. The standard InChI is InChI=1S/C12H12Cl2INO2/c13-7-4-9(11(15)10(14)5-7)12(18)16-3-1-2-8(16)6-17/h4-5,8,17H,1-3,6H2/t8-/m1/s1. The number of aliphatic hydroxyl groups is 1. The molecule has 1 N–H and O–H groups in total. The molecule has 1 amide bonds. The van der Waals surface area contributed by atoms with E-state index < -0.39 is 0 Å². The summed E-state index contributed by atoms with van der Waals surface area (Å²) in [6.07, 6.45) is 1.76. The van der Waals surface area contributed by atoms with Gasteiger partial charge < -0.3 is 10.0 Å². The van der Waals surface area contributed by atoms with E-state index in [0.29, 0.717) is 25.7 Å². The quantitative estimate of drug-likeness (QED) is 0.612. The first kappa shape index (κ1) is 14.4. The molecule has 6 heteroatoms. The van der Waals surface area contributed by atoms with Gasteiger partial charge in [0.05, 0.1) is 23.2 Å². The van der Waals surface area contributed by atoms with Crippen molar-refractivity contribution in [3.8, 4) is 0 Å². The molecule has 1 aliphatic rings. The van der Waals surface area contributed by atoms with Crippen molar-refractivity contribution in [3.05, 3.63) is 31.3 Å². The highest BCUT2D eigenvalue weighted by Gasteiger charge is 2.30. The summed E-state index contributed by atoms with van der Waals surface area (Å²) in [6.45, 7) is 0.668. The Morgan fingerprint density at radius 1 is 1.50 bits per heavy atom. The predicted octanol–water partition coefficient (Wildman–Crippen LogP) is 3.19. The third-order valence-electron chi connectivity index (χ3n) is 3.07. The molecule has 0 spiro atoms. The van der Waals surface area contributed by atoms with Gasteiger partial charge in [-0.25, -0.2) is 0 Å². The van der Waals surface area contributed by atoms with E-state index in [0.717, 1.165) is 12.8 Å². The van der Waals surface area contributed by atoms with E-state index in [1.165, 1.54) is 0 Å². The Morgan fingerprint density at radius 3 is 2.89 bits per heavy atom. The maximum absolute atomic E-state index is 12.4. The van der Waals surface area contributed by atoms with Gasteiger partial charge in [0.15, 0.2) is 0 Å². The Morgan fingerprint density at radius 2 is 2.22 bits per heavy atom. The molecule has 98 valence electrons. The topological polar surface area (TPSA) is 40.5 Å². The zero-order valence-electron chi connectivity index (χ0n) is 9.50. The van der Waals surface area contributed by atoms with Gasteiger partial charge in [-0.2, -0.15) is 0 Å². The first-order valence-corrected chi connectivity index (χ1v) is 7.44. The number of aliphatic hydroxyl groups excluding tert-OH is 1. The fourth-order valence-corrected chi connectivity index (χ4v) is 3.19. The first-order valence-electron chi connectivity index (χ1n) is 5.61. The minimum absolute atomic E-state index is 0.00336. The lowest BCUT2D eigenvalue weighted by molar-refractivity contribution is 0.0676. The number of carbonyl (C=O) groups excluding carboxylic acids is 1. The molecule has 0 aromatic heterocycles. The third kappa shape index (κ3) is 2.76. The van der Waals surface area contributed by atoms with Gasteiger partial charge in [0.1, 0.15) is 0 Å². The van der Waals surface area contributed by atoms with Crippen molar-refractivity contribution >= 4 is 51.7 Å². The fraction of sp³-hybridized carbons (Fsp3) is 0.417. The van der Waals surface area contributed by atoms with Crippen molar-refractivity contribution in [1.82, 2.24) is 4.90 Å². The van der Waals surface area contributed by atoms with Crippen LogP contribution in [0.25, 0.3) is 0 Å².